The lowest BCUT2D eigenvalue weighted by atomic mass is 10.1. The van der Waals surface area contributed by atoms with Crippen LogP contribution in [0.1, 0.15) is 35.0 Å². The molecule has 214 valence electrons. The third kappa shape index (κ3) is 5.95. The molecule has 0 radical (unpaired) electrons. The van der Waals surface area contributed by atoms with Crippen molar-refractivity contribution in [1.29, 1.82) is 0 Å². The van der Waals surface area contributed by atoms with E-state index in [1.54, 1.807) is 30.3 Å². The Bertz CT molecular complexity index is 1690. The van der Waals surface area contributed by atoms with Crippen molar-refractivity contribution in [1.82, 2.24) is 14.8 Å². The first-order valence-corrected chi connectivity index (χ1v) is 13.6. The zero-order valence-corrected chi connectivity index (χ0v) is 23.6. The molecule has 9 heteroatoms. The number of benzene rings is 3. The van der Waals surface area contributed by atoms with Crippen molar-refractivity contribution in [2.75, 3.05) is 11.9 Å². The van der Waals surface area contributed by atoms with E-state index in [2.05, 4.69) is 10.6 Å². The van der Waals surface area contributed by atoms with Crippen molar-refractivity contribution >= 4 is 29.6 Å². The zero-order chi connectivity index (χ0) is 29.8. The van der Waals surface area contributed by atoms with Crippen LogP contribution in [0.15, 0.2) is 84.6 Å². The molecule has 0 aliphatic carbocycles. The molecule has 1 fully saturated rings. The first-order valence-electron chi connectivity index (χ1n) is 13.6. The third-order valence-corrected chi connectivity index (χ3v) is 7.15. The Morgan fingerprint density at radius 2 is 1.67 bits per heavy atom. The molecule has 4 amide bonds. The summed E-state index contributed by atoms with van der Waals surface area (Å²) in [5, 5.41) is 5.39. The first kappa shape index (κ1) is 28.4. The lowest BCUT2D eigenvalue weighted by Gasteiger charge is -2.13. The van der Waals surface area contributed by atoms with E-state index >= 15 is 0 Å². The van der Waals surface area contributed by atoms with Crippen molar-refractivity contribution in [3.63, 3.8) is 0 Å². The second-order valence-corrected chi connectivity index (χ2v) is 9.97. The molecule has 42 heavy (non-hydrogen) atoms. The second-order valence-electron chi connectivity index (χ2n) is 9.97. The fraction of sp³-hybridized carbons (Fsp3) is 0.182. The number of halogens is 1. The van der Waals surface area contributed by atoms with Crippen LogP contribution in [0.4, 0.5) is 14.9 Å². The highest BCUT2D eigenvalue weighted by Gasteiger charge is 2.35. The lowest BCUT2D eigenvalue weighted by molar-refractivity contribution is -0.127. The quantitative estimate of drug-likeness (QED) is 0.195. The summed E-state index contributed by atoms with van der Waals surface area (Å²) in [6, 6.07) is 22.6. The van der Waals surface area contributed by atoms with E-state index in [0.717, 1.165) is 39.5 Å². The predicted octanol–water partition coefficient (Wildman–Crippen LogP) is 5.91. The van der Waals surface area contributed by atoms with Crippen molar-refractivity contribution in [2.45, 2.75) is 33.8 Å². The van der Waals surface area contributed by atoms with E-state index in [9.17, 15) is 18.8 Å². The van der Waals surface area contributed by atoms with Gasteiger partial charge in [0, 0.05) is 28.3 Å². The molecule has 5 rings (SSSR count). The van der Waals surface area contributed by atoms with Crippen LogP contribution in [0.2, 0.25) is 0 Å². The Morgan fingerprint density at radius 1 is 0.976 bits per heavy atom. The van der Waals surface area contributed by atoms with Crippen LogP contribution in [-0.4, -0.2) is 33.9 Å². The van der Waals surface area contributed by atoms with Gasteiger partial charge in [-0.2, -0.15) is 0 Å². The molecule has 0 atom stereocenters. The van der Waals surface area contributed by atoms with Gasteiger partial charge in [-0.25, -0.2) is 14.1 Å². The molecule has 1 saturated heterocycles. The highest BCUT2D eigenvalue weighted by molar-refractivity contribution is 6.16. The Labute approximate surface area is 243 Å². The summed E-state index contributed by atoms with van der Waals surface area (Å²) in [4.78, 5) is 39.2. The van der Waals surface area contributed by atoms with Gasteiger partial charge in [0.15, 0.2) is 0 Å². The largest absolute Gasteiger partial charge is 0.489 e. The summed E-state index contributed by atoms with van der Waals surface area (Å²) in [5.74, 6) is -0.732. The minimum Gasteiger partial charge on any atom is -0.489 e. The maximum Gasteiger partial charge on any atom is 0.329 e. The number of amides is 4. The molecule has 4 aromatic rings. The van der Waals surface area contributed by atoms with Gasteiger partial charge in [0.1, 0.15) is 30.4 Å². The van der Waals surface area contributed by atoms with Crippen LogP contribution in [-0.2, 0) is 22.6 Å². The normalized spacial score (nSPS) is 13.9. The molecule has 0 bridgehead atoms. The molecular formula is C33H31FN4O4. The first-order chi connectivity index (χ1) is 20.2. The number of hydrogen-bond acceptors (Lipinski definition) is 4. The van der Waals surface area contributed by atoms with Gasteiger partial charge < -0.3 is 19.9 Å². The lowest BCUT2D eigenvalue weighted by Crippen LogP contribution is -2.38. The van der Waals surface area contributed by atoms with Crippen molar-refractivity contribution in [3.8, 4) is 11.4 Å². The molecule has 1 aliphatic rings. The van der Waals surface area contributed by atoms with Crippen LogP contribution in [0.25, 0.3) is 11.8 Å². The summed E-state index contributed by atoms with van der Waals surface area (Å²) in [6.07, 6.45) is 2.35. The Balaban J connectivity index is 1.28. The summed E-state index contributed by atoms with van der Waals surface area (Å²) < 4.78 is 21.7. The number of aromatic nitrogens is 1. The number of carbonyl (C=O) groups excluding carboxylic acids is 3. The van der Waals surface area contributed by atoms with Gasteiger partial charge >= 0.3 is 6.03 Å². The number of hydrogen-bond donors (Lipinski definition) is 2. The van der Waals surface area contributed by atoms with Crippen LogP contribution < -0.4 is 15.4 Å². The van der Waals surface area contributed by atoms with Crippen LogP contribution in [0, 0.1) is 19.7 Å². The van der Waals surface area contributed by atoms with Gasteiger partial charge in [-0.1, -0.05) is 43.3 Å². The molecular weight excluding hydrogens is 535 g/mol. The maximum absolute atomic E-state index is 13.9. The Morgan fingerprint density at radius 3 is 2.38 bits per heavy atom. The minimum absolute atomic E-state index is 0.0962. The van der Waals surface area contributed by atoms with Gasteiger partial charge in [-0.3, -0.25) is 9.59 Å². The molecule has 2 heterocycles. The fourth-order valence-electron chi connectivity index (χ4n) is 4.95. The Kier molecular flexibility index (Phi) is 8.19. The maximum atomic E-state index is 13.9. The van der Waals surface area contributed by atoms with E-state index in [0.29, 0.717) is 17.0 Å². The minimum atomic E-state index is -0.648. The summed E-state index contributed by atoms with van der Waals surface area (Å²) in [5.41, 5.74) is 5.59. The fourth-order valence-corrected chi connectivity index (χ4v) is 4.95. The molecule has 1 aromatic heterocycles. The molecule has 3 aromatic carbocycles. The monoisotopic (exact) mass is 566 g/mol. The standard InChI is InChI=1S/C33H31FN4O4/c1-4-23-9-6-8-12-29(23)35-31(39)19-37-32(40)30(36-33(37)41)18-25-17-21(2)38(22(25)3)26-13-15-27(16-14-26)42-20-24-10-5-7-11-28(24)34/h5-18H,4,19-20H2,1-3H3,(H,35,39)(H,36,41)/b30-18+. The molecule has 8 nitrogen and oxygen atoms in total. The summed E-state index contributed by atoms with van der Waals surface area (Å²) >= 11 is 0. The number of anilines is 1. The average Bonchev–Trinajstić information content (AvgIpc) is 3.41. The van der Waals surface area contributed by atoms with E-state index in [4.69, 9.17) is 4.74 Å². The number of imide groups is 1. The number of rotatable bonds is 9. The highest BCUT2D eigenvalue weighted by Crippen LogP contribution is 2.26. The SMILES string of the molecule is CCc1ccccc1NC(=O)CN1C(=O)N/C(=C/c2cc(C)n(-c3ccc(OCc4ccccc4F)cc3)c2C)C1=O. The third-order valence-electron chi connectivity index (χ3n) is 7.15. The number of aryl methyl sites for hydroxylation is 2. The van der Waals surface area contributed by atoms with Gasteiger partial charge in [0.05, 0.1) is 0 Å². The van der Waals surface area contributed by atoms with Gasteiger partial charge in [0.25, 0.3) is 5.91 Å². The highest BCUT2D eigenvalue weighted by atomic mass is 19.1. The number of nitrogens with one attached hydrogen (secondary N) is 2. The smallest absolute Gasteiger partial charge is 0.329 e. The predicted molar refractivity (Wildman–Crippen MR) is 159 cm³/mol. The van der Waals surface area contributed by atoms with E-state index in [1.165, 1.54) is 6.07 Å². The number of carbonyl (C=O) groups is 3. The van der Waals surface area contributed by atoms with Gasteiger partial charge in [-0.05, 0) is 79.9 Å². The number of ether oxygens (including phenoxy) is 1. The van der Waals surface area contributed by atoms with Gasteiger partial charge in [-0.15, -0.1) is 0 Å². The number of nitrogens with zero attached hydrogens (tertiary/aromatic N) is 2. The van der Waals surface area contributed by atoms with E-state index in [-0.39, 0.29) is 18.1 Å². The molecule has 0 unspecified atom stereocenters. The molecule has 0 saturated carbocycles. The van der Waals surface area contributed by atoms with Crippen molar-refractivity contribution in [2.24, 2.45) is 0 Å². The Hall–Kier alpha value is -5.18. The summed E-state index contributed by atoms with van der Waals surface area (Å²) in [6.45, 7) is 5.56. The topological polar surface area (TPSA) is 92.7 Å². The van der Waals surface area contributed by atoms with Gasteiger partial charge in [0.2, 0.25) is 5.91 Å². The van der Waals surface area contributed by atoms with E-state index < -0.39 is 24.4 Å². The van der Waals surface area contributed by atoms with Crippen LogP contribution in [0.5, 0.6) is 5.75 Å². The average molecular weight is 567 g/mol. The molecule has 0 spiro atoms. The molecule has 2 N–H and O–H groups in total. The summed E-state index contributed by atoms with van der Waals surface area (Å²) in [7, 11) is 0. The van der Waals surface area contributed by atoms with Crippen molar-refractivity contribution in [3.05, 3.63) is 118 Å². The zero-order valence-electron chi connectivity index (χ0n) is 23.6. The van der Waals surface area contributed by atoms with E-state index in [1.807, 2.05) is 73.9 Å². The second kappa shape index (κ2) is 12.1. The number of urea groups is 1. The van der Waals surface area contributed by atoms with Crippen LogP contribution >= 0.6 is 0 Å². The van der Waals surface area contributed by atoms with Crippen molar-refractivity contribution < 1.29 is 23.5 Å². The van der Waals surface area contributed by atoms with Crippen LogP contribution in [0.3, 0.4) is 0 Å². The molecule has 1 aliphatic heterocycles. The number of para-hydroxylation sites is 1.